The lowest BCUT2D eigenvalue weighted by molar-refractivity contribution is 0.0526. The van der Waals surface area contributed by atoms with Crippen molar-refractivity contribution < 1.29 is 19.0 Å². The third-order valence-corrected chi connectivity index (χ3v) is 6.55. The number of carbonyl (C=O) groups excluding carboxylic acids is 1. The molecular weight excluding hydrogens is 466 g/mol. The van der Waals surface area contributed by atoms with Crippen LogP contribution in [0.1, 0.15) is 17.3 Å². The second-order valence-electron chi connectivity index (χ2n) is 7.80. The number of morpholine rings is 1. The Bertz CT molecular complexity index is 1340. The molecule has 3 aromatic heterocycles. The topological polar surface area (TPSA) is 98.7 Å². The molecule has 1 aromatic carbocycles. The predicted molar refractivity (Wildman–Crippen MR) is 136 cm³/mol. The molecule has 0 spiro atoms. The number of ether oxygens (including phenoxy) is 3. The maximum Gasteiger partial charge on any atom is 0.338 e. The van der Waals surface area contributed by atoms with E-state index in [2.05, 4.69) is 20.2 Å². The molecule has 1 N–H and O–H groups in total. The molecule has 0 radical (unpaired) electrons. The van der Waals surface area contributed by atoms with Crippen LogP contribution in [-0.2, 0) is 9.47 Å². The summed E-state index contributed by atoms with van der Waals surface area (Å²) in [6.07, 6.45) is 1.80. The van der Waals surface area contributed by atoms with E-state index < -0.39 is 0 Å². The summed E-state index contributed by atoms with van der Waals surface area (Å²) < 4.78 is 17.0. The molecule has 9 nitrogen and oxygen atoms in total. The number of nitrogens with one attached hydrogen (secondary N) is 1. The number of anilines is 3. The fourth-order valence-corrected chi connectivity index (χ4v) is 4.74. The largest absolute Gasteiger partial charge is 0.479 e. The first-order valence-corrected chi connectivity index (χ1v) is 12.2. The number of thiophene rings is 1. The number of nitrogens with zero attached hydrogens (tertiary/aromatic N) is 4. The third-order valence-electron chi connectivity index (χ3n) is 5.64. The second-order valence-corrected chi connectivity index (χ2v) is 8.72. The maximum absolute atomic E-state index is 12.0. The lowest BCUT2D eigenvalue weighted by Crippen LogP contribution is -2.36. The lowest BCUT2D eigenvalue weighted by atomic mass is 10.1. The fourth-order valence-electron chi connectivity index (χ4n) is 3.86. The summed E-state index contributed by atoms with van der Waals surface area (Å²) in [4.78, 5) is 28.0. The summed E-state index contributed by atoms with van der Waals surface area (Å²) in [5.74, 6) is 1.43. The number of hydrogen-bond acceptors (Lipinski definition) is 10. The van der Waals surface area contributed by atoms with E-state index >= 15 is 0 Å². The summed E-state index contributed by atoms with van der Waals surface area (Å²) in [6.45, 7) is 5.10. The highest BCUT2D eigenvalue weighted by molar-refractivity contribution is 7.17. The van der Waals surface area contributed by atoms with Crippen LogP contribution < -0.4 is 15.0 Å². The summed E-state index contributed by atoms with van der Waals surface area (Å²) in [5, 5.41) is 5.29. The van der Waals surface area contributed by atoms with Crippen molar-refractivity contribution in [2.45, 2.75) is 6.92 Å². The van der Waals surface area contributed by atoms with Gasteiger partial charge in [0, 0.05) is 24.0 Å². The van der Waals surface area contributed by atoms with Crippen molar-refractivity contribution in [3.63, 3.8) is 0 Å². The molecular formula is C25H25N5O4S. The molecule has 4 heterocycles. The highest BCUT2D eigenvalue weighted by Crippen LogP contribution is 2.34. The zero-order chi connectivity index (χ0) is 24.2. The number of aromatic nitrogens is 3. The summed E-state index contributed by atoms with van der Waals surface area (Å²) in [5.41, 5.74) is 3.96. The van der Waals surface area contributed by atoms with E-state index in [-0.39, 0.29) is 5.97 Å². The average molecular weight is 492 g/mol. The first-order valence-electron chi connectivity index (χ1n) is 11.3. The van der Waals surface area contributed by atoms with Crippen LogP contribution in [0.5, 0.6) is 5.88 Å². The van der Waals surface area contributed by atoms with Gasteiger partial charge in [-0.3, -0.25) is 0 Å². The minimum Gasteiger partial charge on any atom is -0.479 e. The van der Waals surface area contributed by atoms with Crippen molar-refractivity contribution in [1.29, 1.82) is 0 Å². The smallest absolute Gasteiger partial charge is 0.338 e. The normalized spacial score (nSPS) is 13.6. The molecule has 0 saturated carbocycles. The van der Waals surface area contributed by atoms with Gasteiger partial charge in [-0.25, -0.2) is 14.8 Å². The molecule has 4 aromatic rings. The molecule has 1 fully saturated rings. The van der Waals surface area contributed by atoms with Crippen LogP contribution in [0.4, 0.5) is 17.5 Å². The van der Waals surface area contributed by atoms with Gasteiger partial charge in [-0.1, -0.05) is 12.1 Å². The minimum absolute atomic E-state index is 0.328. The van der Waals surface area contributed by atoms with Gasteiger partial charge in [-0.05, 0) is 36.8 Å². The Balaban J connectivity index is 1.40. The number of methoxy groups -OCH3 is 1. The predicted octanol–water partition coefficient (Wildman–Crippen LogP) is 4.52. The molecule has 0 atom stereocenters. The Morgan fingerprint density at radius 3 is 2.69 bits per heavy atom. The summed E-state index contributed by atoms with van der Waals surface area (Å²) >= 11 is 1.57. The fraction of sp³-hybridized carbons (Fsp3) is 0.280. The number of hydrogen-bond donors (Lipinski definition) is 1. The van der Waals surface area contributed by atoms with Crippen molar-refractivity contribution in [2.24, 2.45) is 0 Å². The zero-order valence-corrected chi connectivity index (χ0v) is 20.3. The molecule has 1 aliphatic rings. The minimum atomic E-state index is -0.328. The van der Waals surface area contributed by atoms with Gasteiger partial charge in [0.1, 0.15) is 11.5 Å². The quantitative estimate of drug-likeness (QED) is 0.374. The number of fused-ring (bicyclic) bond motifs is 1. The molecule has 1 aliphatic heterocycles. The van der Waals surface area contributed by atoms with Crippen molar-refractivity contribution in [3.05, 3.63) is 53.5 Å². The van der Waals surface area contributed by atoms with E-state index in [1.807, 2.05) is 29.6 Å². The zero-order valence-electron chi connectivity index (χ0n) is 19.5. The lowest BCUT2D eigenvalue weighted by Gasteiger charge is -2.28. The Kier molecular flexibility index (Phi) is 6.73. The van der Waals surface area contributed by atoms with Gasteiger partial charge in [-0.15, -0.1) is 11.3 Å². The van der Waals surface area contributed by atoms with E-state index in [4.69, 9.17) is 19.2 Å². The molecule has 5 rings (SSSR count). The molecule has 0 bridgehead atoms. The number of pyridine rings is 1. The molecule has 35 heavy (non-hydrogen) atoms. The molecule has 0 aliphatic carbocycles. The molecule has 10 heteroatoms. The average Bonchev–Trinajstić information content (AvgIpc) is 3.33. The number of carbonyl (C=O) groups is 1. The number of benzene rings is 1. The SMILES string of the molecule is CCOC(=O)c1ccc(-c2csc3cnc(Nc4ccc(N5CCOCC5)nc4OC)nc23)cc1. The van der Waals surface area contributed by atoms with Gasteiger partial charge in [0.2, 0.25) is 11.8 Å². The summed E-state index contributed by atoms with van der Waals surface area (Å²) in [6, 6.07) is 11.2. The highest BCUT2D eigenvalue weighted by Gasteiger charge is 2.17. The van der Waals surface area contributed by atoms with Gasteiger partial charge in [0.05, 0.1) is 48.9 Å². The van der Waals surface area contributed by atoms with E-state index in [1.165, 1.54) is 0 Å². The van der Waals surface area contributed by atoms with Gasteiger partial charge >= 0.3 is 5.97 Å². The Hall–Kier alpha value is -3.76. The van der Waals surface area contributed by atoms with E-state index in [1.54, 1.807) is 43.7 Å². The maximum atomic E-state index is 12.0. The van der Waals surface area contributed by atoms with Crippen LogP contribution in [0.3, 0.4) is 0 Å². The van der Waals surface area contributed by atoms with Crippen LogP contribution >= 0.6 is 11.3 Å². The van der Waals surface area contributed by atoms with Crippen molar-refractivity contribution >= 4 is 45.0 Å². The van der Waals surface area contributed by atoms with Gasteiger partial charge < -0.3 is 24.4 Å². The van der Waals surface area contributed by atoms with E-state index in [9.17, 15) is 4.79 Å². The monoisotopic (exact) mass is 491 g/mol. The highest BCUT2D eigenvalue weighted by atomic mass is 32.1. The summed E-state index contributed by atoms with van der Waals surface area (Å²) in [7, 11) is 1.59. The van der Waals surface area contributed by atoms with Crippen molar-refractivity contribution in [1.82, 2.24) is 15.0 Å². The number of esters is 1. The Labute approximate surface area is 206 Å². The van der Waals surface area contributed by atoms with Gasteiger partial charge in [0.25, 0.3) is 0 Å². The van der Waals surface area contributed by atoms with Crippen LogP contribution in [0.15, 0.2) is 48.0 Å². The molecule has 180 valence electrons. The third kappa shape index (κ3) is 4.89. The van der Waals surface area contributed by atoms with Gasteiger partial charge in [0.15, 0.2) is 0 Å². The van der Waals surface area contributed by atoms with Crippen LogP contribution in [-0.4, -0.2) is 60.9 Å². The Morgan fingerprint density at radius 2 is 1.94 bits per heavy atom. The van der Waals surface area contributed by atoms with Crippen LogP contribution in [0, 0.1) is 0 Å². The van der Waals surface area contributed by atoms with Gasteiger partial charge in [-0.2, -0.15) is 4.98 Å². The second kappa shape index (κ2) is 10.2. The van der Waals surface area contributed by atoms with E-state index in [0.29, 0.717) is 42.9 Å². The van der Waals surface area contributed by atoms with Crippen LogP contribution in [0.2, 0.25) is 0 Å². The van der Waals surface area contributed by atoms with Crippen molar-refractivity contribution in [3.8, 4) is 17.0 Å². The Morgan fingerprint density at radius 1 is 1.14 bits per heavy atom. The number of rotatable bonds is 7. The first-order chi connectivity index (χ1) is 17.2. The molecule has 0 amide bonds. The molecule has 0 unspecified atom stereocenters. The standard InChI is InChI=1S/C25H25N5O4S/c1-3-34-24(31)17-6-4-16(5-7-17)18-15-35-20-14-26-25(29-22(18)20)27-19-8-9-21(28-23(19)32-2)30-10-12-33-13-11-30/h4-9,14-15H,3,10-13H2,1-2H3,(H,26,27,29). The molecule has 1 saturated heterocycles. The first kappa shape index (κ1) is 23.0. The van der Waals surface area contributed by atoms with E-state index in [0.717, 1.165) is 40.3 Å². The van der Waals surface area contributed by atoms with Crippen molar-refractivity contribution in [2.75, 3.05) is 50.2 Å². The van der Waals surface area contributed by atoms with Crippen LogP contribution in [0.25, 0.3) is 21.3 Å².